The van der Waals surface area contributed by atoms with Crippen LogP contribution >= 0.6 is 40.4 Å². The van der Waals surface area contributed by atoms with E-state index in [1.54, 1.807) is 0 Å². The van der Waals surface area contributed by atoms with Crippen molar-refractivity contribution < 1.29 is 9.20 Å². The number of unbranched alkanes of at least 4 members (excludes halogenated alkanes) is 1. The molecule has 0 N–H and O–H groups in total. The van der Waals surface area contributed by atoms with Crippen molar-refractivity contribution in [3.05, 3.63) is 0 Å². The van der Waals surface area contributed by atoms with Gasteiger partial charge in [0.15, 0.2) is 0 Å². The topological polar surface area (TPSA) is 3.24 Å². The number of hydrogen-bond donors (Lipinski definition) is 0. The average molecular weight is 339 g/mol. The molecule has 1 fully saturated rings. The standard InChI is InChI=1S/C9H19N.4ClH.Fe/c1-3-4-6-9-7-5-8-10(9)2;;;;;/h9H,3-8H2,1-2H3;4*1H;/q;;;;;+4/p-4. The molecule has 6 heteroatoms. The van der Waals surface area contributed by atoms with Crippen LogP contribution in [0, 0.1) is 0 Å². The van der Waals surface area contributed by atoms with Crippen molar-refractivity contribution in [3.8, 4) is 0 Å². The van der Waals surface area contributed by atoms with Gasteiger partial charge in [0.05, 0.1) is 0 Å². The van der Waals surface area contributed by atoms with Gasteiger partial charge in [0.2, 0.25) is 0 Å². The summed E-state index contributed by atoms with van der Waals surface area (Å²) in [7, 11) is 19.5. The average Bonchev–Trinajstić information content (AvgIpc) is 2.45. The first-order chi connectivity index (χ1) is 6.84. The summed E-state index contributed by atoms with van der Waals surface area (Å²) < 4.78 is 0. The molecule has 1 unspecified atom stereocenters. The van der Waals surface area contributed by atoms with Crippen LogP contribution in [-0.2, 0) is 9.20 Å². The van der Waals surface area contributed by atoms with Gasteiger partial charge in [0.25, 0.3) is 0 Å². The van der Waals surface area contributed by atoms with Gasteiger partial charge in [-0.15, -0.1) is 0 Å². The zero-order valence-corrected chi connectivity index (χ0v) is 13.3. The van der Waals surface area contributed by atoms with Crippen molar-refractivity contribution in [2.45, 2.75) is 45.1 Å². The second-order valence-electron chi connectivity index (χ2n) is 3.72. The van der Waals surface area contributed by atoms with E-state index in [1.807, 2.05) is 0 Å². The molecule has 1 rings (SSSR count). The Labute approximate surface area is 113 Å². The van der Waals surface area contributed by atoms with Crippen LogP contribution in [0.1, 0.15) is 39.0 Å². The van der Waals surface area contributed by atoms with Crippen molar-refractivity contribution in [1.82, 2.24) is 4.90 Å². The van der Waals surface area contributed by atoms with E-state index in [0.29, 0.717) is 0 Å². The number of rotatable bonds is 3. The van der Waals surface area contributed by atoms with E-state index in [4.69, 9.17) is 40.4 Å². The fourth-order valence-corrected chi connectivity index (χ4v) is 1.78. The van der Waals surface area contributed by atoms with Crippen LogP contribution < -0.4 is 0 Å². The van der Waals surface area contributed by atoms with Gasteiger partial charge in [-0.3, -0.25) is 0 Å². The minimum atomic E-state index is -2.61. The Hall–Kier alpha value is 1.64. The molecule has 1 aliphatic heterocycles. The van der Waals surface area contributed by atoms with Crippen LogP contribution in [0.5, 0.6) is 0 Å². The summed E-state index contributed by atoms with van der Waals surface area (Å²) in [5.74, 6) is 0. The summed E-state index contributed by atoms with van der Waals surface area (Å²) in [5.41, 5.74) is 0. The van der Waals surface area contributed by atoms with Crippen LogP contribution in [0.25, 0.3) is 0 Å². The molecule has 15 heavy (non-hydrogen) atoms. The summed E-state index contributed by atoms with van der Waals surface area (Å²) in [6.45, 7) is 3.60. The molecular formula is C9H19Cl4FeN. The summed E-state index contributed by atoms with van der Waals surface area (Å²) >= 11 is 0. The molecule has 0 aromatic heterocycles. The number of halogens is 4. The Morgan fingerprint density at radius 2 is 1.80 bits per heavy atom. The normalized spacial score (nSPS) is 23.5. The van der Waals surface area contributed by atoms with E-state index in [2.05, 4.69) is 18.9 Å². The van der Waals surface area contributed by atoms with Crippen molar-refractivity contribution in [3.63, 3.8) is 0 Å². The summed E-state index contributed by atoms with van der Waals surface area (Å²) in [6, 6.07) is 0.917. The first-order valence-corrected chi connectivity index (χ1v) is 11.2. The van der Waals surface area contributed by atoms with E-state index in [9.17, 15) is 0 Å². The Bertz CT molecular complexity index is 157. The molecule has 1 atom stereocenters. The molecule has 0 amide bonds. The monoisotopic (exact) mass is 337 g/mol. The Balaban J connectivity index is 0.000000336. The summed E-state index contributed by atoms with van der Waals surface area (Å²) in [6.07, 6.45) is 7.05. The van der Waals surface area contributed by atoms with Gasteiger partial charge in [-0.05, 0) is 32.9 Å². The molecule has 1 nitrogen and oxygen atoms in total. The first kappa shape index (κ1) is 16.6. The second kappa shape index (κ2) is 8.69. The third-order valence-electron chi connectivity index (χ3n) is 2.56. The maximum atomic E-state index is 4.95. The third-order valence-corrected chi connectivity index (χ3v) is 2.56. The van der Waals surface area contributed by atoms with Crippen LogP contribution in [0.3, 0.4) is 0 Å². The molecule has 0 radical (unpaired) electrons. The molecule has 0 aromatic carbocycles. The predicted molar refractivity (Wildman–Crippen MR) is 68.6 cm³/mol. The van der Waals surface area contributed by atoms with E-state index in [1.165, 1.54) is 38.6 Å². The van der Waals surface area contributed by atoms with E-state index in [0.717, 1.165) is 6.04 Å². The zero-order valence-electron chi connectivity index (χ0n) is 9.13. The van der Waals surface area contributed by atoms with Gasteiger partial charge >= 0.3 is 49.6 Å². The van der Waals surface area contributed by atoms with Crippen LogP contribution in [-0.4, -0.2) is 24.5 Å². The van der Waals surface area contributed by atoms with Crippen LogP contribution in [0.4, 0.5) is 0 Å². The summed E-state index contributed by atoms with van der Waals surface area (Å²) in [5, 5.41) is 0. The number of nitrogens with zero attached hydrogens (tertiary/aromatic N) is 1. The van der Waals surface area contributed by atoms with Crippen molar-refractivity contribution in [2.75, 3.05) is 13.6 Å². The molecule has 1 aliphatic rings. The zero-order chi connectivity index (χ0) is 11.9. The van der Waals surface area contributed by atoms with E-state index >= 15 is 0 Å². The van der Waals surface area contributed by atoms with Gasteiger partial charge in [-0.25, -0.2) is 0 Å². The van der Waals surface area contributed by atoms with Crippen LogP contribution in [0.15, 0.2) is 0 Å². The molecule has 0 aliphatic carbocycles. The fraction of sp³-hybridized carbons (Fsp3) is 1.00. The molecule has 1 saturated heterocycles. The number of likely N-dealkylation sites (tertiary alicyclic amines) is 1. The van der Waals surface area contributed by atoms with Gasteiger partial charge < -0.3 is 4.90 Å². The number of hydrogen-bond acceptors (Lipinski definition) is 1. The van der Waals surface area contributed by atoms with Gasteiger partial charge in [-0.1, -0.05) is 19.8 Å². The molecule has 0 bridgehead atoms. The summed E-state index contributed by atoms with van der Waals surface area (Å²) in [4.78, 5) is 2.51. The van der Waals surface area contributed by atoms with Gasteiger partial charge in [0.1, 0.15) is 0 Å². The Kier molecular flexibility index (Phi) is 9.64. The maximum absolute atomic E-state index is 4.95. The molecule has 0 saturated carbocycles. The van der Waals surface area contributed by atoms with Crippen molar-refractivity contribution >= 4 is 40.4 Å². The molecule has 1 heterocycles. The minimum absolute atomic E-state index is 0.917. The van der Waals surface area contributed by atoms with E-state index in [-0.39, 0.29) is 0 Å². The van der Waals surface area contributed by atoms with Crippen LogP contribution in [0.2, 0.25) is 0 Å². The Morgan fingerprint density at radius 1 is 1.27 bits per heavy atom. The Morgan fingerprint density at radius 3 is 2.13 bits per heavy atom. The fourth-order valence-electron chi connectivity index (χ4n) is 1.78. The molecule has 0 aromatic rings. The van der Waals surface area contributed by atoms with Gasteiger partial charge in [0, 0.05) is 6.04 Å². The van der Waals surface area contributed by atoms with E-state index < -0.39 is 9.20 Å². The third kappa shape index (κ3) is 11.9. The molecule has 0 spiro atoms. The van der Waals surface area contributed by atoms with Crippen molar-refractivity contribution in [1.29, 1.82) is 0 Å². The molecule has 96 valence electrons. The first-order valence-electron chi connectivity index (χ1n) is 5.08. The quantitative estimate of drug-likeness (QED) is 0.652. The SMILES string of the molecule is CCCCC1CCCN1C.[Cl][Fe]([Cl])([Cl])[Cl]. The molecular weight excluding hydrogens is 320 g/mol. The van der Waals surface area contributed by atoms with Crippen molar-refractivity contribution in [2.24, 2.45) is 0 Å². The second-order valence-corrected chi connectivity index (χ2v) is 14.7. The van der Waals surface area contributed by atoms with Gasteiger partial charge in [-0.2, -0.15) is 0 Å². The predicted octanol–water partition coefficient (Wildman–Crippen LogP) is 5.03.